The Labute approximate surface area is 256 Å². The highest BCUT2D eigenvalue weighted by atomic mass is 32.2. The minimum absolute atomic E-state index is 0.0442. The number of benzene rings is 4. The van der Waals surface area contributed by atoms with Gasteiger partial charge in [0.15, 0.2) is 6.61 Å². The van der Waals surface area contributed by atoms with Crippen LogP contribution in [0.1, 0.15) is 11.1 Å². The summed E-state index contributed by atoms with van der Waals surface area (Å²) < 4.78 is 44.0. The number of carbonyl (C=O) groups is 2. The Bertz CT molecular complexity index is 1710. The van der Waals surface area contributed by atoms with Gasteiger partial charge in [0.2, 0.25) is 0 Å². The Morgan fingerprint density at radius 3 is 2.14 bits per heavy atom. The zero-order chi connectivity index (χ0) is 31.5. The number of ether oxygens (including phenoxy) is 3. The molecule has 4 aromatic rings. The van der Waals surface area contributed by atoms with Crippen molar-refractivity contribution < 1.29 is 32.2 Å². The van der Waals surface area contributed by atoms with Crippen molar-refractivity contribution in [1.29, 1.82) is 0 Å². The number of aryl methyl sites for hydroxylation is 1. The van der Waals surface area contributed by atoms with E-state index >= 15 is 0 Å². The summed E-state index contributed by atoms with van der Waals surface area (Å²) in [7, 11) is -1.05. The summed E-state index contributed by atoms with van der Waals surface area (Å²) >= 11 is 0. The molecule has 2 N–H and O–H groups in total. The maximum atomic E-state index is 13.5. The lowest BCUT2D eigenvalue weighted by Crippen LogP contribution is -2.39. The zero-order valence-electron chi connectivity index (χ0n) is 24.4. The molecule has 0 spiro atoms. The Morgan fingerprint density at radius 2 is 1.48 bits per heavy atom. The lowest BCUT2D eigenvalue weighted by molar-refractivity contribution is -0.119. The second kappa shape index (κ2) is 14.7. The van der Waals surface area contributed by atoms with Crippen molar-refractivity contribution in [3.63, 3.8) is 0 Å². The first-order valence-corrected chi connectivity index (χ1v) is 14.8. The molecule has 4 aromatic carbocycles. The zero-order valence-corrected chi connectivity index (χ0v) is 25.2. The molecular weight excluding hydrogens is 584 g/mol. The van der Waals surface area contributed by atoms with E-state index in [1.165, 1.54) is 31.5 Å². The van der Waals surface area contributed by atoms with Crippen LogP contribution in [-0.2, 0) is 19.6 Å². The molecule has 2 amide bonds. The quantitative estimate of drug-likeness (QED) is 0.168. The lowest BCUT2D eigenvalue weighted by atomic mass is 10.2. The molecule has 0 fully saturated rings. The van der Waals surface area contributed by atoms with E-state index < -0.39 is 22.5 Å². The molecule has 0 radical (unpaired) electrons. The summed E-state index contributed by atoms with van der Waals surface area (Å²) in [6.07, 6.45) is 1.41. The van der Waals surface area contributed by atoms with E-state index in [0.29, 0.717) is 28.5 Å². The van der Waals surface area contributed by atoms with Crippen LogP contribution in [0.5, 0.6) is 17.2 Å². The van der Waals surface area contributed by atoms with Gasteiger partial charge in [0.25, 0.3) is 21.8 Å². The third-order valence-electron chi connectivity index (χ3n) is 6.26. The number of amides is 2. The second-order valence-corrected chi connectivity index (χ2v) is 11.3. The van der Waals surface area contributed by atoms with Crippen molar-refractivity contribution in [2.24, 2.45) is 5.10 Å². The van der Waals surface area contributed by atoms with Gasteiger partial charge >= 0.3 is 0 Å². The van der Waals surface area contributed by atoms with Gasteiger partial charge in [0.05, 0.1) is 31.0 Å². The fraction of sp³-hybridized carbons (Fsp3) is 0.156. The number of rotatable bonds is 13. The maximum absolute atomic E-state index is 13.5. The van der Waals surface area contributed by atoms with Gasteiger partial charge in [0, 0.05) is 11.8 Å². The summed E-state index contributed by atoms with van der Waals surface area (Å²) in [6.45, 7) is 1.14. The van der Waals surface area contributed by atoms with Crippen molar-refractivity contribution >= 4 is 39.4 Å². The van der Waals surface area contributed by atoms with Crippen molar-refractivity contribution in [1.82, 2.24) is 5.43 Å². The lowest BCUT2D eigenvalue weighted by Gasteiger charge is -2.24. The predicted molar refractivity (Wildman–Crippen MR) is 168 cm³/mol. The topological polar surface area (TPSA) is 136 Å². The minimum atomic E-state index is -4.09. The number of hydrazone groups is 1. The van der Waals surface area contributed by atoms with Gasteiger partial charge in [-0.2, -0.15) is 5.10 Å². The number of methoxy groups -OCH3 is 2. The monoisotopic (exact) mass is 616 g/mol. The minimum Gasteiger partial charge on any atom is -0.497 e. The number of nitrogens with one attached hydrogen (secondary N) is 2. The fourth-order valence-corrected chi connectivity index (χ4v) is 5.35. The van der Waals surface area contributed by atoms with Crippen LogP contribution in [0.15, 0.2) is 107 Å². The van der Waals surface area contributed by atoms with E-state index in [-0.39, 0.29) is 23.1 Å². The number of hydrogen-bond donors (Lipinski definition) is 2. The van der Waals surface area contributed by atoms with Crippen LogP contribution in [0.25, 0.3) is 0 Å². The maximum Gasteiger partial charge on any atom is 0.264 e. The number of sulfonamides is 1. The van der Waals surface area contributed by atoms with Gasteiger partial charge < -0.3 is 19.5 Å². The average Bonchev–Trinajstić information content (AvgIpc) is 3.03. The first-order valence-electron chi connectivity index (χ1n) is 13.4. The highest BCUT2D eigenvalue weighted by Gasteiger charge is 2.27. The highest BCUT2D eigenvalue weighted by Crippen LogP contribution is 2.27. The van der Waals surface area contributed by atoms with E-state index in [4.69, 9.17) is 14.2 Å². The van der Waals surface area contributed by atoms with Crippen LogP contribution in [0.2, 0.25) is 0 Å². The highest BCUT2D eigenvalue weighted by molar-refractivity contribution is 7.92. The van der Waals surface area contributed by atoms with Crippen molar-refractivity contribution in [3.8, 4) is 17.2 Å². The van der Waals surface area contributed by atoms with Gasteiger partial charge in [0.1, 0.15) is 23.8 Å². The molecule has 0 aliphatic heterocycles. The van der Waals surface area contributed by atoms with Gasteiger partial charge in [-0.1, -0.05) is 23.8 Å². The number of anilines is 2. The molecule has 0 saturated heterocycles. The van der Waals surface area contributed by atoms with E-state index in [1.54, 1.807) is 86.0 Å². The predicted octanol–water partition coefficient (Wildman–Crippen LogP) is 4.38. The van der Waals surface area contributed by atoms with Crippen LogP contribution in [0.3, 0.4) is 0 Å². The summed E-state index contributed by atoms with van der Waals surface area (Å²) in [5.41, 5.74) is 4.80. The third kappa shape index (κ3) is 8.58. The molecule has 228 valence electrons. The van der Waals surface area contributed by atoms with Crippen LogP contribution in [0, 0.1) is 6.92 Å². The van der Waals surface area contributed by atoms with E-state index in [0.717, 1.165) is 9.87 Å². The standard InChI is InChI=1S/C32H32N4O7S/c1-23-7-17-30(18-8-23)44(39,40)36(26-5-4-6-29(19-26)42-3)21-31(37)35-33-20-24-9-13-28(14-10-24)43-22-32(38)34-25-11-15-27(41-2)16-12-25/h4-20H,21-22H2,1-3H3,(H,34,38)(H,35,37)/b33-20-. The molecule has 44 heavy (non-hydrogen) atoms. The largest absolute Gasteiger partial charge is 0.497 e. The molecule has 0 heterocycles. The number of carbonyl (C=O) groups excluding carboxylic acids is 2. The van der Waals surface area contributed by atoms with E-state index in [9.17, 15) is 18.0 Å². The van der Waals surface area contributed by atoms with Crippen LogP contribution in [-0.4, -0.2) is 53.8 Å². The molecule has 4 rings (SSSR count). The fourth-order valence-electron chi connectivity index (χ4n) is 3.93. The molecule has 11 nitrogen and oxygen atoms in total. The Morgan fingerprint density at radius 1 is 0.818 bits per heavy atom. The molecule has 0 saturated carbocycles. The number of nitrogens with zero attached hydrogens (tertiary/aromatic N) is 2. The van der Waals surface area contributed by atoms with Crippen molar-refractivity contribution in [2.75, 3.05) is 37.0 Å². The number of hydrogen-bond acceptors (Lipinski definition) is 8. The Hall–Kier alpha value is -5.36. The molecule has 0 aromatic heterocycles. The normalized spacial score (nSPS) is 11.1. The van der Waals surface area contributed by atoms with Gasteiger partial charge in [-0.15, -0.1) is 0 Å². The summed E-state index contributed by atoms with van der Waals surface area (Å²) in [4.78, 5) is 25.1. The molecule has 12 heteroatoms. The van der Waals surface area contributed by atoms with E-state index in [2.05, 4.69) is 15.8 Å². The summed E-state index contributed by atoms with van der Waals surface area (Å²) in [5, 5.41) is 6.70. The first-order chi connectivity index (χ1) is 21.2. The third-order valence-corrected chi connectivity index (χ3v) is 8.05. The van der Waals surface area contributed by atoms with Crippen LogP contribution < -0.4 is 29.3 Å². The van der Waals surface area contributed by atoms with Gasteiger partial charge in [-0.25, -0.2) is 13.8 Å². The first kappa shape index (κ1) is 31.6. The molecule has 0 aliphatic rings. The van der Waals surface area contributed by atoms with E-state index in [1.807, 2.05) is 6.92 Å². The summed E-state index contributed by atoms with van der Waals surface area (Å²) in [6, 6.07) is 26.4. The summed E-state index contributed by atoms with van der Waals surface area (Å²) in [5.74, 6) is 0.615. The smallest absolute Gasteiger partial charge is 0.264 e. The molecule has 0 aliphatic carbocycles. The molecule has 0 bridgehead atoms. The van der Waals surface area contributed by atoms with Crippen molar-refractivity contribution in [3.05, 3.63) is 108 Å². The SMILES string of the molecule is COc1ccc(NC(=O)COc2ccc(/C=N\NC(=O)CN(c3cccc(OC)c3)S(=O)(=O)c3ccc(C)cc3)cc2)cc1. The van der Waals surface area contributed by atoms with Gasteiger partial charge in [-0.3, -0.25) is 13.9 Å². The molecular formula is C32H32N4O7S. The van der Waals surface area contributed by atoms with Gasteiger partial charge in [-0.05, 0) is 85.3 Å². The molecule has 0 atom stereocenters. The van der Waals surface area contributed by atoms with Crippen LogP contribution in [0.4, 0.5) is 11.4 Å². The average molecular weight is 617 g/mol. The second-order valence-electron chi connectivity index (χ2n) is 9.45. The van der Waals surface area contributed by atoms with Crippen molar-refractivity contribution in [2.45, 2.75) is 11.8 Å². The van der Waals surface area contributed by atoms with Crippen LogP contribution >= 0.6 is 0 Å². The Balaban J connectivity index is 1.35. The molecule has 0 unspecified atom stereocenters. The Kier molecular flexibility index (Phi) is 10.5.